The summed E-state index contributed by atoms with van der Waals surface area (Å²) in [6.45, 7) is 1.97. The number of hydrazine groups is 1. The molecule has 0 aromatic carbocycles. The first-order valence-electron chi connectivity index (χ1n) is 5.36. The van der Waals surface area contributed by atoms with Crippen molar-refractivity contribution in [1.82, 2.24) is 4.98 Å². The number of nitrogens with zero attached hydrogens (tertiary/aromatic N) is 1. The number of rotatable bonds is 5. The molecular weight excluding hydrogens is 281 g/mol. The monoisotopic (exact) mass is 296 g/mol. The van der Waals surface area contributed by atoms with Crippen molar-refractivity contribution in [2.75, 3.05) is 23.5 Å². The van der Waals surface area contributed by atoms with Crippen LogP contribution in [0, 0.1) is 0 Å². The molecule has 5 nitrogen and oxygen atoms in total. The summed E-state index contributed by atoms with van der Waals surface area (Å²) < 4.78 is 49.1. The number of nitrogen functional groups attached to an aromatic ring is 1. The van der Waals surface area contributed by atoms with Crippen LogP contribution in [0.3, 0.4) is 0 Å². The molecule has 2 unspecified atom stereocenters. The summed E-state index contributed by atoms with van der Waals surface area (Å²) in [5.41, 5.74) is 1.22. The molecule has 19 heavy (non-hydrogen) atoms. The molecule has 108 valence electrons. The van der Waals surface area contributed by atoms with Crippen molar-refractivity contribution in [2.45, 2.75) is 18.3 Å². The number of aromatic nitrogens is 1. The Kier molecular flexibility index (Phi) is 5.12. The van der Waals surface area contributed by atoms with Gasteiger partial charge in [-0.15, -0.1) is 0 Å². The fourth-order valence-corrected chi connectivity index (χ4v) is 1.54. The molecule has 4 N–H and O–H groups in total. The highest BCUT2D eigenvalue weighted by Crippen LogP contribution is 2.31. The average Bonchev–Trinajstić information content (AvgIpc) is 2.34. The molecule has 0 aliphatic heterocycles. The first-order valence-corrected chi connectivity index (χ1v) is 6.98. The molecule has 1 rings (SSSR count). The molecule has 0 fully saturated rings. The Hall–Kier alpha value is -1.35. The molecule has 2 atom stereocenters. The van der Waals surface area contributed by atoms with Gasteiger partial charge in [-0.2, -0.15) is 13.2 Å². The van der Waals surface area contributed by atoms with E-state index in [0.29, 0.717) is 0 Å². The quantitative estimate of drug-likeness (QED) is 0.567. The molecule has 0 spiro atoms. The van der Waals surface area contributed by atoms with Gasteiger partial charge in [-0.3, -0.25) is 4.21 Å². The van der Waals surface area contributed by atoms with Crippen LogP contribution in [0.5, 0.6) is 0 Å². The number of halogens is 3. The zero-order valence-corrected chi connectivity index (χ0v) is 11.2. The van der Waals surface area contributed by atoms with E-state index < -0.39 is 22.5 Å². The minimum absolute atomic E-state index is 0.0278. The Morgan fingerprint density at radius 2 is 2.00 bits per heavy atom. The summed E-state index contributed by atoms with van der Waals surface area (Å²) in [4.78, 5) is 3.85. The number of nitrogens with one attached hydrogen (secondary N) is 2. The van der Waals surface area contributed by atoms with E-state index in [9.17, 15) is 17.4 Å². The van der Waals surface area contributed by atoms with E-state index in [1.54, 1.807) is 6.92 Å². The highest BCUT2D eigenvalue weighted by molar-refractivity contribution is 7.84. The molecule has 0 amide bonds. The van der Waals surface area contributed by atoms with Gasteiger partial charge in [0.15, 0.2) is 0 Å². The van der Waals surface area contributed by atoms with Crippen LogP contribution >= 0.6 is 0 Å². The number of hydrogen-bond donors (Lipinski definition) is 3. The second-order valence-corrected chi connectivity index (χ2v) is 5.76. The number of nitrogens with two attached hydrogens (primary N) is 1. The lowest BCUT2D eigenvalue weighted by Gasteiger charge is -2.14. The van der Waals surface area contributed by atoms with Gasteiger partial charge in [0.25, 0.3) is 0 Å². The van der Waals surface area contributed by atoms with Crippen LogP contribution < -0.4 is 16.6 Å². The standard InChI is InChI=1S/C10H15F3N4OS/c1-6(19(2)18)5-15-8-3-7(10(11,12)13)4-9(16-8)17-14/h3-4,6H,5,14H2,1-2H3,(H2,15,16,17). The van der Waals surface area contributed by atoms with Gasteiger partial charge in [0.05, 0.1) is 5.56 Å². The van der Waals surface area contributed by atoms with E-state index >= 15 is 0 Å². The number of pyridine rings is 1. The van der Waals surface area contributed by atoms with Crippen LogP contribution in [0.15, 0.2) is 12.1 Å². The fraction of sp³-hybridized carbons (Fsp3) is 0.500. The number of hydrogen-bond acceptors (Lipinski definition) is 5. The molecule has 0 bridgehead atoms. The van der Waals surface area contributed by atoms with Crippen LogP contribution in [0.2, 0.25) is 0 Å². The van der Waals surface area contributed by atoms with Crippen molar-refractivity contribution in [3.05, 3.63) is 17.7 Å². The Labute approximate surface area is 111 Å². The van der Waals surface area contributed by atoms with E-state index in [1.807, 2.05) is 0 Å². The third-order valence-corrected chi connectivity index (χ3v) is 3.74. The highest BCUT2D eigenvalue weighted by Gasteiger charge is 2.31. The Morgan fingerprint density at radius 3 is 2.47 bits per heavy atom. The van der Waals surface area contributed by atoms with Crippen molar-refractivity contribution in [3.63, 3.8) is 0 Å². The molecule has 0 aliphatic rings. The third kappa shape index (κ3) is 4.67. The van der Waals surface area contributed by atoms with Crippen LogP contribution in [0.1, 0.15) is 12.5 Å². The minimum atomic E-state index is -4.48. The molecule has 0 aliphatic carbocycles. The fourth-order valence-electron chi connectivity index (χ4n) is 1.22. The smallest absolute Gasteiger partial charge is 0.369 e. The summed E-state index contributed by atoms with van der Waals surface area (Å²) in [6.07, 6.45) is -2.96. The van der Waals surface area contributed by atoms with Gasteiger partial charge < -0.3 is 10.7 Å². The number of alkyl halides is 3. The maximum Gasteiger partial charge on any atom is 0.416 e. The zero-order valence-electron chi connectivity index (χ0n) is 10.4. The van der Waals surface area contributed by atoms with Crippen molar-refractivity contribution < 1.29 is 17.4 Å². The predicted molar refractivity (Wildman–Crippen MR) is 69.1 cm³/mol. The number of anilines is 2. The second kappa shape index (κ2) is 6.20. The van der Waals surface area contributed by atoms with Crippen LogP contribution in [0.25, 0.3) is 0 Å². The van der Waals surface area contributed by atoms with Gasteiger partial charge in [0, 0.05) is 28.9 Å². The second-order valence-electron chi connectivity index (χ2n) is 3.96. The van der Waals surface area contributed by atoms with Crippen LogP contribution in [0.4, 0.5) is 24.8 Å². The van der Waals surface area contributed by atoms with Crippen molar-refractivity contribution in [2.24, 2.45) is 5.84 Å². The van der Waals surface area contributed by atoms with Crippen LogP contribution in [-0.2, 0) is 17.0 Å². The molecule has 1 heterocycles. The van der Waals surface area contributed by atoms with Gasteiger partial charge >= 0.3 is 6.18 Å². The van der Waals surface area contributed by atoms with Crippen molar-refractivity contribution >= 4 is 22.4 Å². The van der Waals surface area contributed by atoms with Gasteiger partial charge in [0.2, 0.25) is 0 Å². The average molecular weight is 296 g/mol. The Balaban J connectivity index is 2.92. The van der Waals surface area contributed by atoms with Crippen molar-refractivity contribution in [3.8, 4) is 0 Å². The molecule has 0 radical (unpaired) electrons. The maximum atomic E-state index is 12.6. The van der Waals surface area contributed by atoms with E-state index in [2.05, 4.69) is 15.7 Å². The van der Waals surface area contributed by atoms with E-state index in [1.165, 1.54) is 6.26 Å². The normalized spacial score (nSPS) is 14.8. The lowest BCUT2D eigenvalue weighted by molar-refractivity contribution is -0.137. The Bertz CT molecular complexity index is 467. The molecule has 0 saturated heterocycles. The first-order chi connectivity index (χ1) is 8.74. The summed E-state index contributed by atoms with van der Waals surface area (Å²) in [5, 5.41) is 2.51. The van der Waals surface area contributed by atoms with E-state index in [0.717, 1.165) is 12.1 Å². The minimum Gasteiger partial charge on any atom is -0.369 e. The lowest BCUT2D eigenvalue weighted by atomic mass is 10.2. The molecule has 9 heteroatoms. The van der Waals surface area contributed by atoms with Gasteiger partial charge in [-0.25, -0.2) is 10.8 Å². The zero-order chi connectivity index (χ0) is 14.6. The Morgan fingerprint density at radius 1 is 1.42 bits per heavy atom. The largest absolute Gasteiger partial charge is 0.416 e. The van der Waals surface area contributed by atoms with Crippen molar-refractivity contribution in [1.29, 1.82) is 0 Å². The lowest BCUT2D eigenvalue weighted by Crippen LogP contribution is -2.22. The highest BCUT2D eigenvalue weighted by atomic mass is 32.2. The van der Waals surface area contributed by atoms with Gasteiger partial charge in [-0.05, 0) is 19.1 Å². The SMILES string of the molecule is CC(CNc1cc(C(F)(F)F)cc(NN)n1)S(C)=O. The third-order valence-electron chi connectivity index (χ3n) is 2.44. The van der Waals surface area contributed by atoms with Gasteiger partial charge in [-0.1, -0.05) is 0 Å². The summed E-state index contributed by atoms with van der Waals surface area (Å²) in [7, 11) is -1.07. The van der Waals surface area contributed by atoms with Crippen LogP contribution in [-0.4, -0.2) is 27.2 Å². The summed E-state index contributed by atoms with van der Waals surface area (Å²) in [6, 6.07) is 1.69. The topological polar surface area (TPSA) is 80.0 Å². The van der Waals surface area contributed by atoms with E-state index in [-0.39, 0.29) is 23.4 Å². The summed E-state index contributed by atoms with van der Waals surface area (Å²) in [5.74, 6) is 5.01. The molecule has 0 saturated carbocycles. The first kappa shape index (κ1) is 15.7. The summed E-state index contributed by atoms with van der Waals surface area (Å²) >= 11 is 0. The van der Waals surface area contributed by atoms with E-state index in [4.69, 9.17) is 5.84 Å². The predicted octanol–water partition coefficient (Wildman–Crippen LogP) is 1.56. The molecule has 1 aromatic heterocycles. The maximum absolute atomic E-state index is 12.6. The molecular formula is C10H15F3N4OS. The molecule has 1 aromatic rings. The van der Waals surface area contributed by atoms with Gasteiger partial charge in [0.1, 0.15) is 11.6 Å².